The molecule has 138 valence electrons. The Bertz CT molecular complexity index is 978. The second-order valence-corrected chi connectivity index (χ2v) is 6.23. The molecule has 0 atom stereocenters. The van der Waals surface area contributed by atoms with E-state index < -0.39 is 17.6 Å². The van der Waals surface area contributed by atoms with Gasteiger partial charge in [-0.05, 0) is 36.2 Å². The Hall–Kier alpha value is -2.86. The van der Waals surface area contributed by atoms with E-state index in [-0.39, 0.29) is 16.3 Å². The first kappa shape index (κ1) is 18.9. The largest absolute Gasteiger partial charge is 0.423 e. The minimum absolute atomic E-state index is 0.0692. The number of nitrogens with zero attached hydrogens (tertiary/aromatic N) is 2. The summed E-state index contributed by atoms with van der Waals surface area (Å²) in [6, 6.07) is 7.49. The van der Waals surface area contributed by atoms with Crippen molar-refractivity contribution in [1.82, 2.24) is 9.97 Å². The fourth-order valence-corrected chi connectivity index (χ4v) is 2.56. The molecule has 2 aromatic carbocycles. The van der Waals surface area contributed by atoms with Crippen LogP contribution in [0.2, 0.25) is 5.02 Å². The van der Waals surface area contributed by atoms with Crippen molar-refractivity contribution in [2.45, 2.75) is 19.8 Å². The van der Waals surface area contributed by atoms with E-state index in [1.165, 1.54) is 24.3 Å². The van der Waals surface area contributed by atoms with Gasteiger partial charge < -0.3 is 4.74 Å². The van der Waals surface area contributed by atoms with Gasteiger partial charge in [-0.2, -0.15) is 0 Å². The number of rotatable bonds is 5. The number of aromatic nitrogens is 2. The number of benzene rings is 2. The molecule has 1 aromatic heterocycles. The van der Waals surface area contributed by atoms with E-state index in [1.807, 2.05) is 0 Å². The van der Waals surface area contributed by atoms with Crippen LogP contribution in [-0.2, 0) is 6.42 Å². The second-order valence-electron chi connectivity index (χ2n) is 5.82. The van der Waals surface area contributed by atoms with Gasteiger partial charge in [0.2, 0.25) is 0 Å². The maximum atomic E-state index is 14.4. The molecular formula is C20H15ClF2N2O2. The van der Waals surface area contributed by atoms with Crippen molar-refractivity contribution in [2.24, 2.45) is 0 Å². The Labute approximate surface area is 159 Å². The molecule has 27 heavy (non-hydrogen) atoms. The number of carbonyl (C=O) groups is 1. The van der Waals surface area contributed by atoms with Crippen LogP contribution in [-0.4, -0.2) is 15.9 Å². The van der Waals surface area contributed by atoms with E-state index >= 15 is 0 Å². The predicted molar refractivity (Wildman–Crippen MR) is 97.8 cm³/mol. The molecule has 0 amide bonds. The van der Waals surface area contributed by atoms with E-state index in [1.54, 1.807) is 12.4 Å². The minimum Gasteiger partial charge on any atom is -0.423 e. The Morgan fingerprint density at radius 2 is 1.81 bits per heavy atom. The molecule has 0 aliphatic carbocycles. The van der Waals surface area contributed by atoms with Gasteiger partial charge in [0.05, 0.1) is 10.6 Å². The molecule has 3 aromatic rings. The monoisotopic (exact) mass is 388 g/mol. The van der Waals surface area contributed by atoms with Gasteiger partial charge in [-0.25, -0.2) is 23.5 Å². The Kier molecular flexibility index (Phi) is 5.76. The number of ether oxygens (including phenoxy) is 1. The zero-order valence-corrected chi connectivity index (χ0v) is 15.1. The van der Waals surface area contributed by atoms with Gasteiger partial charge >= 0.3 is 5.97 Å². The highest BCUT2D eigenvalue weighted by atomic mass is 35.5. The highest BCUT2D eigenvalue weighted by Gasteiger charge is 2.16. The zero-order chi connectivity index (χ0) is 19.4. The SMILES string of the molecule is CCCc1cnc(-c2ccc(C(=O)Oc3ccc(Cl)c(F)c3)c(F)c2)nc1. The molecule has 4 nitrogen and oxygen atoms in total. The Morgan fingerprint density at radius 1 is 1.07 bits per heavy atom. The topological polar surface area (TPSA) is 52.1 Å². The van der Waals surface area contributed by atoms with Gasteiger partial charge in [-0.1, -0.05) is 31.0 Å². The zero-order valence-electron chi connectivity index (χ0n) is 14.4. The molecule has 3 rings (SSSR count). The van der Waals surface area contributed by atoms with Crippen molar-refractivity contribution < 1.29 is 18.3 Å². The van der Waals surface area contributed by atoms with Gasteiger partial charge in [0.25, 0.3) is 0 Å². The van der Waals surface area contributed by atoms with Crippen LogP contribution < -0.4 is 4.74 Å². The smallest absolute Gasteiger partial charge is 0.346 e. The third-order valence-electron chi connectivity index (χ3n) is 3.79. The van der Waals surface area contributed by atoms with Crippen molar-refractivity contribution in [3.8, 4) is 17.1 Å². The molecule has 0 bridgehead atoms. The summed E-state index contributed by atoms with van der Waals surface area (Å²) in [7, 11) is 0. The first-order valence-electron chi connectivity index (χ1n) is 8.26. The lowest BCUT2D eigenvalue weighted by Gasteiger charge is -2.07. The van der Waals surface area contributed by atoms with Crippen molar-refractivity contribution in [2.75, 3.05) is 0 Å². The summed E-state index contributed by atoms with van der Waals surface area (Å²) in [6.07, 6.45) is 5.23. The second kappa shape index (κ2) is 8.22. The Balaban J connectivity index is 1.79. The molecular weight excluding hydrogens is 374 g/mol. The molecule has 0 radical (unpaired) electrons. The summed E-state index contributed by atoms with van der Waals surface area (Å²) >= 11 is 5.57. The van der Waals surface area contributed by atoms with Crippen LogP contribution in [0.5, 0.6) is 5.75 Å². The van der Waals surface area contributed by atoms with Gasteiger partial charge in [-0.15, -0.1) is 0 Å². The van der Waals surface area contributed by atoms with Crippen LogP contribution in [0, 0.1) is 11.6 Å². The van der Waals surface area contributed by atoms with Crippen molar-refractivity contribution in [1.29, 1.82) is 0 Å². The van der Waals surface area contributed by atoms with E-state index in [9.17, 15) is 13.6 Å². The standard InChI is InChI=1S/C20H15ClF2N2O2/c1-2-3-12-10-24-19(25-11-12)13-4-6-15(17(22)8-13)20(26)27-14-5-7-16(21)18(23)9-14/h4-11H,2-3H2,1H3. The van der Waals surface area contributed by atoms with Crippen LogP contribution in [0.1, 0.15) is 29.3 Å². The van der Waals surface area contributed by atoms with Crippen LogP contribution in [0.25, 0.3) is 11.4 Å². The number of carbonyl (C=O) groups excluding carboxylic acids is 1. The van der Waals surface area contributed by atoms with Gasteiger partial charge in [0.15, 0.2) is 5.82 Å². The third-order valence-corrected chi connectivity index (χ3v) is 4.10. The number of halogens is 3. The molecule has 0 spiro atoms. The normalized spacial score (nSPS) is 10.7. The van der Waals surface area contributed by atoms with Crippen molar-refractivity contribution in [3.05, 3.63) is 76.6 Å². The highest BCUT2D eigenvalue weighted by molar-refractivity contribution is 6.30. The average Bonchev–Trinajstić information content (AvgIpc) is 2.65. The molecule has 0 fully saturated rings. The number of hydrogen-bond acceptors (Lipinski definition) is 4. The summed E-state index contributed by atoms with van der Waals surface area (Å²) in [5, 5.41) is -0.102. The number of esters is 1. The molecule has 0 aliphatic heterocycles. The lowest BCUT2D eigenvalue weighted by molar-refractivity contribution is 0.0729. The highest BCUT2D eigenvalue weighted by Crippen LogP contribution is 2.23. The summed E-state index contributed by atoms with van der Waals surface area (Å²) in [5.74, 6) is -2.18. The maximum Gasteiger partial charge on any atom is 0.346 e. The molecule has 0 saturated carbocycles. The maximum absolute atomic E-state index is 14.4. The molecule has 1 heterocycles. The first-order valence-corrected chi connectivity index (χ1v) is 8.63. The number of aryl methyl sites for hydroxylation is 1. The van der Waals surface area contributed by atoms with Crippen molar-refractivity contribution in [3.63, 3.8) is 0 Å². The minimum atomic E-state index is -0.944. The average molecular weight is 389 g/mol. The summed E-state index contributed by atoms with van der Waals surface area (Å²) in [4.78, 5) is 20.6. The quantitative estimate of drug-likeness (QED) is 0.442. The van der Waals surface area contributed by atoms with E-state index in [0.29, 0.717) is 11.4 Å². The fraction of sp³-hybridized carbons (Fsp3) is 0.150. The van der Waals surface area contributed by atoms with E-state index in [4.69, 9.17) is 16.3 Å². The van der Waals surface area contributed by atoms with Crippen LogP contribution >= 0.6 is 11.6 Å². The van der Waals surface area contributed by atoms with Crippen LogP contribution in [0.15, 0.2) is 48.8 Å². The molecule has 7 heteroatoms. The molecule has 0 N–H and O–H groups in total. The molecule has 0 unspecified atom stereocenters. The summed E-state index contributed by atoms with van der Waals surface area (Å²) in [6.45, 7) is 2.06. The van der Waals surface area contributed by atoms with Gasteiger partial charge in [0.1, 0.15) is 17.4 Å². The molecule has 0 aliphatic rings. The fourth-order valence-electron chi connectivity index (χ4n) is 2.44. The van der Waals surface area contributed by atoms with Crippen molar-refractivity contribution >= 4 is 17.6 Å². The van der Waals surface area contributed by atoms with E-state index in [0.717, 1.165) is 30.5 Å². The first-order chi connectivity index (χ1) is 13.0. The number of hydrogen-bond donors (Lipinski definition) is 0. The summed E-state index contributed by atoms with van der Waals surface area (Å²) < 4.78 is 32.8. The lowest BCUT2D eigenvalue weighted by Crippen LogP contribution is -2.11. The molecule has 0 saturated heterocycles. The van der Waals surface area contributed by atoms with Gasteiger partial charge in [0, 0.05) is 24.0 Å². The predicted octanol–water partition coefficient (Wildman–Crippen LogP) is 5.25. The summed E-state index contributed by atoms with van der Waals surface area (Å²) in [5.41, 5.74) is 1.15. The Morgan fingerprint density at radius 3 is 2.44 bits per heavy atom. The van der Waals surface area contributed by atoms with E-state index in [2.05, 4.69) is 16.9 Å². The van der Waals surface area contributed by atoms with Crippen LogP contribution in [0.4, 0.5) is 8.78 Å². The third kappa shape index (κ3) is 4.46. The van der Waals surface area contributed by atoms with Gasteiger partial charge in [-0.3, -0.25) is 0 Å². The van der Waals surface area contributed by atoms with Crippen LogP contribution in [0.3, 0.4) is 0 Å². The lowest BCUT2D eigenvalue weighted by atomic mass is 10.1.